The monoisotopic (exact) mass is 441 g/mol. The Balaban J connectivity index is 1.47. The molecular formula is C20H19N5OS3. The number of nitrogens with one attached hydrogen (secondary N) is 1. The van der Waals surface area contributed by atoms with Crippen LogP contribution in [0.1, 0.15) is 23.3 Å². The van der Waals surface area contributed by atoms with Crippen molar-refractivity contribution in [1.29, 1.82) is 0 Å². The molecule has 3 heterocycles. The van der Waals surface area contributed by atoms with Gasteiger partial charge in [0.15, 0.2) is 16.0 Å². The summed E-state index contributed by atoms with van der Waals surface area (Å²) in [6, 6.07) is 9.48. The molecular weight excluding hydrogens is 422 g/mol. The minimum Gasteiger partial charge on any atom is -0.325 e. The summed E-state index contributed by atoms with van der Waals surface area (Å²) in [6.45, 7) is 0. The summed E-state index contributed by atoms with van der Waals surface area (Å²) in [4.78, 5) is 19.8. The molecule has 0 saturated carbocycles. The van der Waals surface area contributed by atoms with E-state index >= 15 is 0 Å². The fourth-order valence-electron chi connectivity index (χ4n) is 3.68. The zero-order chi connectivity index (χ0) is 19.8. The molecule has 0 bridgehead atoms. The molecule has 9 heteroatoms. The van der Waals surface area contributed by atoms with E-state index in [1.165, 1.54) is 35.0 Å². The average molecular weight is 442 g/mol. The lowest BCUT2D eigenvalue weighted by atomic mass is 9.97. The fraction of sp³-hybridized carbons (Fsp3) is 0.300. The minimum atomic E-state index is -0.0643. The van der Waals surface area contributed by atoms with E-state index in [0.717, 1.165) is 39.5 Å². The van der Waals surface area contributed by atoms with Gasteiger partial charge in [0.05, 0.1) is 11.1 Å². The average Bonchev–Trinajstić information content (AvgIpc) is 3.33. The zero-order valence-corrected chi connectivity index (χ0v) is 18.3. The Morgan fingerprint density at radius 3 is 2.83 bits per heavy atom. The van der Waals surface area contributed by atoms with Gasteiger partial charge in [-0.1, -0.05) is 41.7 Å². The van der Waals surface area contributed by atoms with Crippen LogP contribution in [-0.4, -0.2) is 37.5 Å². The quantitative estimate of drug-likeness (QED) is 0.358. The third kappa shape index (κ3) is 3.51. The van der Waals surface area contributed by atoms with Crippen LogP contribution in [0.3, 0.4) is 0 Å². The lowest BCUT2D eigenvalue weighted by Gasteiger charge is -2.10. The zero-order valence-electron chi connectivity index (χ0n) is 15.8. The highest BCUT2D eigenvalue weighted by atomic mass is 32.2. The van der Waals surface area contributed by atoms with E-state index in [1.807, 2.05) is 41.0 Å². The first-order chi connectivity index (χ1) is 14.2. The van der Waals surface area contributed by atoms with Crippen LogP contribution >= 0.6 is 34.9 Å². The normalized spacial score (nSPS) is 13.7. The predicted octanol–water partition coefficient (Wildman–Crippen LogP) is 4.67. The van der Waals surface area contributed by atoms with E-state index in [-0.39, 0.29) is 11.7 Å². The minimum absolute atomic E-state index is 0.0643. The summed E-state index contributed by atoms with van der Waals surface area (Å²) in [5, 5.41) is 14.5. The molecule has 148 valence electrons. The van der Waals surface area contributed by atoms with Crippen molar-refractivity contribution in [3.05, 3.63) is 40.8 Å². The number of anilines is 1. The molecule has 1 amide bonds. The number of carbonyl (C=O) groups excluding carboxylic acids is 1. The van der Waals surface area contributed by atoms with Gasteiger partial charge in [0, 0.05) is 10.6 Å². The molecule has 0 spiro atoms. The summed E-state index contributed by atoms with van der Waals surface area (Å²) in [5.41, 5.74) is 3.05. The van der Waals surface area contributed by atoms with Crippen molar-refractivity contribution < 1.29 is 4.79 Å². The number of benzene rings is 1. The number of hydrogen-bond acceptors (Lipinski definition) is 7. The number of nitrogens with zero attached hydrogens (tertiary/aromatic N) is 4. The highest BCUT2D eigenvalue weighted by Crippen LogP contribution is 2.39. The van der Waals surface area contributed by atoms with Gasteiger partial charge >= 0.3 is 0 Å². The first kappa shape index (κ1) is 18.9. The van der Waals surface area contributed by atoms with Crippen molar-refractivity contribution in [3.63, 3.8) is 0 Å². The summed E-state index contributed by atoms with van der Waals surface area (Å²) >= 11 is 4.77. The van der Waals surface area contributed by atoms with Gasteiger partial charge in [-0.05, 0) is 49.6 Å². The molecule has 1 aliphatic carbocycles. The molecule has 0 saturated heterocycles. The number of fused-ring (bicyclic) bond motifs is 5. The maximum atomic E-state index is 12.4. The van der Waals surface area contributed by atoms with Crippen LogP contribution in [0.4, 0.5) is 5.69 Å². The van der Waals surface area contributed by atoms with E-state index in [1.54, 1.807) is 23.1 Å². The Morgan fingerprint density at radius 1 is 1.17 bits per heavy atom. The molecule has 0 radical (unpaired) electrons. The van der Waals surface area contributed by atoms with E-state index < -0.39 is 0 Å². The van der Waals surface area contributed by atoms with Crippen molar-refractivity contribution in [2.45, 2.75) is 36.0 Å². The second-order valence-corrected chi connectivity index (χ2v) is 9.63. The second kappa shape index (κ2) is 7.97. The largest absolute Gasteiger partial charge is 0.325 e. The van der Waals surface area contributed by atoms with Gasteiger partial charge in [-0.15, -0.1) is 21.5 Å². The van der Waals surface area contributed by atoms with Gasteiger partial charge in [0.25, 0.3) is 0 Å². The smallest absolute Gasteiger partial charge is 0.234 e. The Labute approximate surface area is 180 Å². The number of hydrogen-bond donors (Lipinski definition) is 1. The highest BCUT2D eigenvalue weighted by Gasteiger charge is 2.23. The maximum Gasteiger partial charge on any atom is 0.234 e. The van der Waals surface area contributed by atoms with E-state index in [0.29, 0.717) is 5.16 Å². The SMILES string of the molecule is CSc1nc2sc3c(c2c2nnc(SCC(=O)Nc4ccccc4)n12)CCCC3. The number of carbonyl (C=O) groups is 1. The summed E-state index contributed by atoms with van der Waals surface area (Å²) < 4.78 is 2.01. The Hall–Kier alpha value is -2.10. The predicted molar refractivity (Wildman–Crippen MR) is 120 cm³/mol. The number of aromatic nitrogens is 4. The van der Waals surface area contributed by atoms with E-state index in [2.05, 4.69) is 15.5 Å². The Morgan fingerprint density at radius 2 is 2.00 bits per heavy atom. The van der Waals surface area contributed by atoms with Crippen molar-refractivity contribution in [3.8, 4) is 0 Å². The Kier molecular flexibility index (Phi) is 5.19. The number of rotatable bonds is 5. The summed E-state index contributed by atoms with van der Waals surface area (Å²) in [5.74, 6) is 0.203. The van der Waals surface area contributed by atoms with Crippen LogP contribution < -0.4 is 5.32 Å². The standard InChI is InChI=1S/C20H19N5OS3/c1-27-19-22-18-16(13-9-5-6-10-14(13)29-18)17-23-24-20(25(17)19)28-11-15(26)21-12-7-3-2-4-8-12/h2-4,7-8H,5-6,9-11H2,1H3,(H,21,26). The molecule has 6 nitrogen and oxygen atoms in total. The summed E-state index contributed by atoms with van der Waals surface area (Å²) in [6.07, 6.45) is 6.69. The van der Waals surface area contributed by atoms with Crippen molar-refractivity contribution in [2.24, 2.45) is 0 Å². The van der Waals surface area contributed by atoms with Crippen LogP contribution in [0.2, 0.25) is 0 Å². The van der Waals surface area contributed by atoms with Gasteiger partial charge in [0.2, 0.25) is 5.91 Å². The third-order valence-corrected chi connectivity index (χ3v) is 7.72. The van der Waals surface area contributed by atoms with Gasteiger partial charge in [-0.25, -0.2) is 9.38 Å². The number of thiophene rings is 1. The molecule has 1 aromatic carbocycles. The number of thioether (sulfide) groups is 2. The van der Waals surface area contributed by atoms with Crippen LogP contribution in [0.15, 0.2) is 40.6 Å². The van der Waals surface area contributed by atoms with Gasteiger partial charge in [-0.2, -0.15) is 0 Å². The first-order valence-corrected chi connectivity index (χ1v) is 12.5. The number of aryl methyl sites for hydroxylation is 2. The lowest BCUT2D eigenvalue weighted by molar-refractivity contribution is -0.113. The molecule has 1 aliphatic rings. The fourth-order valence-corrected chi connectivity index (χ4v) is 6.32. The van der Waals surface area contributed by atoms with Crippen LogP contribution in [0.5, 0.6) is 0 Å². The van der Waals surface area contributed by atoms with Crippen molar-refractivity contribution >= 4 is 62.3 Å². The van der Waals surface area contributed by atoms with Gasteiger partial charge in [0.1, 0.15) is 4.83 Å². The molecule has 0 unspecified atom stereocenters. The third-order valence-electron chi connectivity index (χ3n) is 4.97. The molecule has 3 aromatic heterocycles. The molecule has 5 rings (SSSR count). The molecule has 1 N–H and O–H groups in total. The van der Waals surface area contributed by atoms with Gasteiger partial charge < -0.3 is 5.32 Å². The number of para-hydroxylation sites is 1. The topological polar surface area (TPSA) is 72.2 Å². The van der Waals surface area contributed by atoms with Crippen LogP contribution in [-0.2, 0) is 17.6 Å². The second-order valence-electron chi connectivity index (χ2n) is 6.83. The maximum absolute atomic E-state index is 12.4. The first-order valence-electron chi connectivity index (χ1n) is 9.45. The van der Waals surface area contributed by atoms with E-state index in [9.17, 15) is 4.79 Å². The van der Waals surface area contributed by atoms with Crippen LogP contribution in [0.25, 0.3) is 15.9 Å². The number of amides is 1. The van der Waals surface area contributed by atoms with Crippen molar-refractivity contribution in [1.82, 2.24) is 19.6 Å². The van der Waals surface area contributed by atoms with Crippen molar-refractivity contribution in [2.75, 3.05) is 17.3 Å². The highest BCUT2D eigenvalue weighted by molar-refractivity contribution is 8.00. The molecule has 0 aliphatic heterocycles. The molecule has 29 heavy (non-hydrogen) atoms. The lowest BCUT2D eigenvalue weighted by Crippen LogP contribution is -2.14. The Bertz CT molecular complexity index is 1200. The summed E-state index contributed by atoms with van der Waals surface area (Å²) in [7, 11) is 0. The van der Waals surface area contributed by atoms with Crippen LogP contribution in [0, 0.1) is 0 Å². The van der Waals surface area contributed by atoms with Gasteiger partial charge in [-0.3, -0.25) is 4.79 Å². The molecule has 4 aromatic rings. The molecule has 0 fully saturated rings. The van der Waals surface area contributed by atoms with E-state index in [4.69, 9.17) is 4.98 Å². The molecule has 0 atom stereocenters.